The number of amides is 1. The Bertz CT molecular complexity index is 1360. The van der Waals surface area contributed by atoms with Gasteiger partial charge in [0.15, 0.2) is 0 Å². The zero-order valence-electron chi connectivity index (χ0n) is 20.0. The van der Waals surface area contributed by atoms with Crippen LogP contribution in [0.2, 0.25) is 0 Å². The van der Waals surface area contributed by atoms with E-state index in [1.165, 1.54) is 24.3 Å². The Morgan fingerprint density at radius 1 is 1.00 bits per heavy atom. The summed E-state index contributed by atoms with van der Waals surface area (Å²) >= 11 is 0. The fourth-order valence-electron chi connectivity index (χ4n) is 4.07. The highest BCUT2D eigenvalue weighted by atomic mass is 19.4. The molecule has 0 aliphatic carbocycles. The van der Waals surface area contributed by atoms with Crippen molar-refractivity contribution in [2.45, 2.75) is 26.1 Å². The van der Waals surface area contributed by atoms with Crippen LogP contribution < -0.4 is 9.64 Å². The number of Topliss-reactive ketones (excluding diaryl/α,β-unsaturated/α-hetero) is 1. The Labute approximate surface area is 211 Å². The number of benzene rings is 3. The molecule has 192 valence electrons. The molecule has 1 amide bonds. The first kappa shape index (κ1) is 25.8. The molecule has 6 nitrogen and oxygen atoms in total. The maximum atomic E-state index is 13.2. The van der Waals surface area contributed by atoms with E-state index in [9.17, 15) is 33.0 Å². The van der Waals surface area contributed by atoms with Gasteiger partial charge in [0, 0.05) is 11.3 Å². The zero-order chi connectivity index (χ0) is 26.9. The van der Waals surface area contributed by atoms with Gasteiger partial charge in [-0.05, 0) is 60.0 Å². The number of aromatic hydroxyl groups is 1. The van der Waals surface area contributed by atoms with Crippen LogP contribution in [0.15, 0.2) is 78.4 Å². The number of hydrogen-bond donors (Lipinski definition) is 2. The molecule has 2 N–H and O–H groups in total. The van der Waals surface area contributed by atoms with Gasteiger partial charge in [-0.1, -0.05) is 38.1 Å². The predicted octanol–water partition coefficient (Wildman–Crippen LogP) is 6.07. The van der Waals surface area contributed by atoms with E-state index < -0.39 is 35.2 Å². The number of halogens is 3. The van der Waals surface area contributed by atoms with E-state index in [1.54, 1.807) is 24.3 Å². The molecule has 0 aromatic heterocycles. The van der Waals surface area contributed by atoms with E-state index >= 15 is 0 Å². The van der Waals surface area contributed by atoms with E-state index in [2.05, 4.69) is 0 Å². The number of ether oxygens (including phenoxy) is 1. The van der Waals surface area contributed by atoms with Crippen molar-refractivity contribution >= 4 is 23.1 Å². The summed E-state index contributed by atoms with van der Waals surface area (Å²) < 4.78 is 45.0. The van der Waals surface area contributed by atoms with Crippen molar-refractivity contribution in [1.82, 2.24) is 0 Å². The number of phenolic OH excluding ortho intramolecular Hbond substituents is 1. The van der Waals surface area contributed by atoms with Crippen LogP contribution in [-0.4, -0.2) is 28.5 Å². The molecule has 1 heterocycles. The van der Waals surface area contributed by atoms with Gasteiger partial charge in [-0.15, -0.1) is 0 Å². The number of hydrogen-bond acceptors (Lipinski definition) is 5. The molecule has 0 spiro atoms. The molecule has 37 heavy (non-hydrogen) atoms. The average Bonchev–Trinajstić information content (AvgIpc) is 3.12. The Kier molecular flexibility index (Phi) is 6.98. The van der Waals surface area contributed by atoms with Crippen LogP contribution in [-0.2, 0) is 15.8 Å². The van der Waals surface area contributed by atoms with Crippen molar-refractivity contribution in [1.29, 1.82) is 0 Å². The monoisotopic (exact) mass is 511 g/mol. The highest BCUT2D eigenvalue weighted by Gasteiger charge is 2.47. The summed E-state index contributed by atoms with van der Waals surface area (Å²) in [7, 11) is 0. The molecule has 1 atom stereocenters. The fraction of sp³-hybridized carbons (Fsp3) is 0.214. The number of carbonyl (C=O) groups is 2. The van der Waals surface area contributed by atoms with Gasteiger partial charge in [-0.3, -0.25) is 14.5 Å². The highest BCUT2D eigenvalue weighted by Crippen LogP contribution is 2.43. The Hall–Kier alpha value is -4.27. The molecular formula is C28H24F3NO5. The molecule has 3 aromatic carbocycles. The topological polar surface area (TPSA) is 87.1 Å². The summed E-state index contributed by atoms with van der Waals surface area (Å²) in [5.41, 5.74) is -0.655. The predicted molar refractivity (Wildman–Crippen MR) is 131 cm³/mol. The van der Waals surface area contributed by atoms with Gasteiger partial charge in [-0.2, -0.15) is 13.2 Å². The average molecular weight is 511 g/mol. The van der Waals surface area contributed by atoms with Gasteiger partial charge in [-0.25, -0.2) is 0 Å². The zero-order valence-corrected chi connectivity index (χ0v) is 20.0. The first-order valence-electron chi connectivity index (χ1n) is 11.5. The molecular weight excluding hydrogens is 487 g/mol. The van der Waals surface area contributed by atoms with Crippen LogP contribution in [0, 0.1) is 5.92 Å². The van der Waals surface area contributed by atoms with Crippen LogP contribution in [0.1, 0.15) is 36.6 Å². The van der Waals surface area contributed by atoms with Gasteiger partial charge < -0.3 is 14.9 Å². The summed E-state index contributed by atoms with van der Waals surface area (Å²) in [6, 6.07) is 14.7. The van der Waals surface area contributed by atoms with Gasteiger partial charge in [0.25, 0.3) is 11.7 Å². The van der Waals surface area contributed by atoms with Crippen LogP contribution in [0.4, 0.5) is 18.9 Å². The minimum Gasteiger partial charge on any atom is -0.508 e. The maximum absolute atomic E-state index is 13.2. The van der Waals surface area contributed by atoms with Crippen LogP contribution in [0.5, 0.6) is 11.5 Å². The second-order valence-corrected chi connectivity index (χ2v) is 9.04. The molecule has 0 bridgehead atoms. The summed E-state index contributed by atoms with van der Waals surface area (Å²) in [4.78, 5) is 27.4. The van der Waals surface area contributed by atoms with Gasteiger partial charge in [0.1, 0.15) is 17.3 Å². The molecule has 0 saturated carbocycles. The Morgan fingerprint density at radius 2 is 1.68 bits per heavy atom. The van der Waals surface area contributed by atoms with Crippen molar-refractivity contribution in [2.75, 3.05) is 11.5 Å². The number of nitrogens with zero attached hydrogens (tertiary/aromatic N) is 1. The van der Waals surface area contributed by atoms with E-state index in [-0.39, 0.29) is 34.1 Å². The lowest BCUT2D eigenvalue weighted by Gasteiger charge is -2.26. The van der Waals surface area contributed by atoms with Crippen LogP contribution in [0.25, 0.3) is 5.76 Å². The number of rotatable bonds is 6. The lowest BCUT2D eigenvalue weighted by molar-refractivity contribution is -0.137. The summed E-state index contributed by atoms with van der Waals surface area (Å²) in [6.45, 7) is 4.37. The molecule has 1 unspecified atom stereocenters. The SMILES string of the molecule is CC(C)COc1cccc(/C(O)=C2\C(=O)C(=O)N(c3ccc(C(F)(F)F)cc3)C2c2cccc(O)c2)c1. The molecule has 1 aliphatic rings. The van der Waals surface area contributed by atoms with Gasteiger partial charge >= 0.3 is 6.18 Å². The number of aliphatic hydroxyl groups excluding tert-OH is 1. The molecule has 1 aliphatic heterocycles. The van der Waals surface area contributed by atoms with E-state index in [1.807, 2.05) is 13.8 Å². The van der Waals surface area contributed by atoms with Gasteiger partial charge in [0.05, 0.1) is 23.8 Å². The number of alkyl halides is 3. The molecule has 3 aromatic rings. The van der Waals surface area contributed by atoms with Gasteiger partial charge in [0.2, 0.25) is 0 Å². The van der Waals surface area contributed by atoms with E-state index in [4.69, 9.17) is 4.74 Å². The van der Waals surface area contributed by atoms with Crippen molar-refractivity contribution in [3.8, 4) is 11.5 Å². The smallest absolute Gasteiger partial charge is 0.416 e. The van der Waals surface area contributed by atoms with Crippen LogP contribution >= 0.6 is 0 Å². The van der Waals surface area contributed by atoms with Crippen molar-refractivity contribution in [2.24, 2.45) is 5.92 Å². The molecule has 0 radical (unpaired) electrons. The highest BCUT2D eigenvalue weighted by molar-refractivity contribution is 6.51. The van der Waals surface area contributed by atoms with Crippen LogP contribution in [0.3, 0.4) is 0 Å². The number of ketones is 1. The van der Waals surface area contributed by atoms with E-state index in [0.29, 0.717) is 12.4 Å². The first-order chi connectivity index (χ1) is 17.5. The summed E-state index contributed by atoms with van der Waals surface area (Å²) in [5.74, 6) is -1.97. The lowest BCUT2D eigenvalue weighted by atomic mass is 9.95. The summed E-state index contributed by atoms with van der Waals surface area (Å²) in [5, 5.41) is 21.3. The largest absolute Gasteiger partial charge is 0.508 e. The number of phenols is 1. The third-order valence-corrected chi connectivity index (χ3v) is 5.79. The third-order valence-electron chi connectivity index (χ3n) is 5.79. The fourth-order valence-corrected chi connectivity index (χ4v) is 4.07. The normalized spacial score (nSPS) is 17.5. The minimum absolute atomic E-state index is 0.0245. The van der Waals surface area contributed by atoms with Crippen molar-refractivity contribution in [3.05, 3.63) is 95.1 Å². The number of anilines is 1. The minimum atomic E-state index is -4.58. The van der Waals surface area contributed by atoms with Crippen molar-refractivity contribution < 1.29 is 37.7 Å². The molecule has 9 heteroatoms. The quantitative estimate of drug-likeness (QED) is 0.238. The molecule has 1 fully saturated rings. The third kappa shape index (κ3) is 5.30. The molecule has 1 saturated heterocycles. The first-order valence-corrected chi connectivity index (χ1v) is 11.5. The Balaban J connectivity index is 1.85. The van der Waals surface area contributed by atoms with Crippen molar-refractivity contribution in [3.63, 3.8) is 0 Å². The standard InChI is InChI=1S/C28H24F3NO5/c1-16(2)15-37-22-8-4-6-18(14-22)25(34)23-24(17-5-3-7-21(33)13-17)32(27(36)26(23)35)20-11-9-19(10-12-20)28(29,30)31/h3-14,16,24,33-34H,15H2,1-2H3/b25-23+. The Morgan fingerprint density at radius 3 is 2.30 bits per heavy atom. The number of carbonyl (C=O) groups excluding carboxylic acids is 2. The molecule has 4 rings (SSSR count). The second kappa shape index (κ2) is 10.0. The maximum Gasteiger partial charge on any atom is 0.416 e. The second-order valence-electron chi connectivity index (χ2n) is 9.04. The van der Waals surface area contributed by atoms with E-state index in [0.717, 1.165) is 29.2 Å². The lowest BCUT2D eigenvalue weighted by Crippen LogP contribution is -2.29. The number of aliphatic hydroxyl groups is 1. The summed E-state index contributed by atoms with van der Waals surface area (Å²) in [6.07, 6.45) is -4.58.